The van der Waals surface area contributed by atoms with Crippen LogP contribution in [0.15, 0.2) is 15.6 Å². The summed E-state index contributed by atoms with van der Waals surface area (Å²) in [5.41, 5.74) is -1.10. The number of aromatic nitrogens is 6. The number of fused-ring (bicyclic) bond motifs is 1. The van der Waals surface area contributed by atoms with Crippen LogP contribution >= 0.6 is 46.6 Å². The Morgan fingerprint density at radius 1 is 1.32 bits per heavy atom. The van der Waals surface area contributed by atoms with Crippen LogP contribution in [0, 0.1) is 13.8 Å². The molecular weight excluding hydrogens is 525 g/mol. The molecule has 0 aromatic carbocycles. The molecule has 2 aromatic rings. The number of hydrogen-bond donors (Lipinski definition) is 2. The predicted octanol–water partition coefficient (Wildman–Crippen LogP) is 0.337. The van der Waals surface area contributed by atoms with Gasteiger partial charge in [-0.3, -0.25) is 14.5 Å². The number of tetrazole rings is 1. The minimum absolute atomic E-state index is 0.0415. The number of nitrogens with zero attached hydrogens (tertiary/aromatic N) is 7. The van der Waals surface area contributed by atoms with Gasteiger partial charge in [-0.2, -0.15) is 0 Å². The van der Waals surface area contributed by atoms with Crippen LogP contribution in [0.2, 0.25) is 0 Å². The molecule has 13 nitrogen and oxygen atoms in total. The van der Waals surface area contributed by atoms with Gasteiger partial charge in [-0.15, -0.1) is 38.8 Å². The second-order valence-electron chi connectivity index (χ2n) is 7.16. The monoisotopic (exact) mass is 544 g/mol. The summed E-state index contributed by atoms with van der Waals surface area (Å²) in [5, 5.41) is 31.8. The summed E-state index contributed by atoms with van der Waals surface area (Å²) in [6.07, 6.45) is 0. The van der Waals surface area contributed by atoms with Gasteiger partial charge >= 0.3 is 5.97 Å². The largest absolute Gasteiger partial charge is 0.477 e. The average Bonchev–Trinajstić information content (AvgIpc) is 3.42. The van der Waals surface area contributed by atoms with E-state index in [1.807, 2.05) is 6.92 Å². The minimum atomic E-state index is -1.62. The molecule has 4 rings (SSSR count). The molecule has 17 heteroatoms. The highest BCUT2D eigenvalue weighted by atomic mass is 32.2. The molecule has 2 aromatic heterocycles. The fourth-order valence-electron chi connectivity index (χ4n) is 3.38. The van der Waals surface area contributed by atoms with Gasteiger partial charge in [0.2, 0.25) is 5.91 Å². The first-order valence-corrected chi connectivity index (χ1v) is 13.8. The molecule has 2 N–H and O–H groups in total. The molecule has 2 aliphatic heterocycles. The number of thioether (sulfide) groups is 3. The van der Waals surface area contributed by atoms with Crippen molar-refractivity contribution in [1.29, 1.82) is 0 Å². The van der Waals surface area contributed by atoms with E-state index >= 15 is 0 Å². The number of hydrogen-bond acceptors (Lipinski definition) is 13. The van der Waals surface area contributed by atoms with Crippen LogP contribution in [0.1, 0.15) is 10.8 Å². The summed E-state index contributed by atoms with van der Waals surface area (Å²) in [6, 6.07) is 0. The smallest absolute Gasteiger partial charge is 0.352 e. The Labute approximate surface area is 210 Å². The molecule has 182 valence electrons. The number of carbonyl (C=O) groups excluding carboxylic acids is 2. The van der Waals surface area contributed by atoms with Crippen LogP contribution in [0.25, 0.3) is 0 Å². The number of carbonyl (C=O) groups is 3. The number of carboxylic acid groups (broad SMARTS) is 1. The Balaban J connectivity index is 1.43. The molecule has 4 heterocycles. The van der Waals surface area contributed by atoms with Gasteiger partial charge in [0.05, 0.1) is 11.6 Å². The fourth-order valence-corrected chi connectivity index (χ4v) is 7.53. The summed E-state index contributed by atoms with van der Waals surface area (Å²) in [4.78, 5) is 39.0. The molecule has 0 radical (unpaired) electrons. The first-order valence-electron chi connectivity index (χ1n) is 9.77. The zero-order chi connectivity index (χ0) is 24.5. The summed E-state index contributed by atoms with van der Waals surface area (Å²) in [7, 11) is 1.32. The lowest BCUT2D eigenvalue weighted by atomic mass is 9.98. The lowest BCUT2D eigenvalue weighted by molar-refractivity contribution is -0.192. The molecular formula is C17H20N8O5S4. The van der Waals surface area contributed by atoms with Crippen LogP contribution in [0.3, 0.4) is 0 Å². The van der Waals surface area contributed by atoms with Gasteiger partial charge in [0.15, 0.2) is 4.34 Å². The Kier molecular flexibility index (Phi) is 7.46. The number of carboxylic acids is 1. The third kappa shape index (κ3) is 4.66. The normalized spacial score (nSPS) is 21.9. The third-order valence-electron chi connectivity index (χ3n) is 4.99. The Hall–Kier alpha value is -2.21. The van der Waals surface area contributed by atoms with Crippen molar-refractivity contribution in [3.05, 3.63) is 22.1 Å². The molecule has 1 saturated heterocycles. The first kappa shape index (κ1) is 24.9. The van der Waals surface area contributed by atoms with Crippen molar-refractivity contribution < 1.29 is 24.2 Å². The number of aliphatic carboxylic acids is 1. The zero-order valence-corrected chi connectivity index (χ0v) is 21.5. The quantitative estimate of drug-likeness (QED) is 0.239. The van der Waals surface area contributed by atoms with Crippen LogP contribution in [-0.4, -0.2) is 93.7 Å². The van der Waals surface area contributed by atoms with Gasteiger partial charge in [-0.1, -0.05) is 23.1 Å². The van der Waals surface area contributed by atoms with Gasteiger partial charge in [0, 0.05) is 18.6 Å². The highest BCUT2D eigenvalue weighted by molar-refractivity contribution is 8.02. The van der Waals surface area contributed by atoms with E-state index in [-0.39, 0.29) is 11.4 Å². The van der Waals surface area contributed by atoms with E-state index in [4.69, 9.17) is 4.74 Å². The van der Waals surface area contributed by atoms with Crippen molar-refractivity contribution >= 4 is 64.4 Å². The van der Waals surface area contributed by atoms with E-state index in [9.17, 15) is 19.5 Å². The van der Waals surface area contributed by atoms with E-state index in [2.05, 4.69) is 31.0 Å². The molecule has 34 heavy (non-hydrogen) atoms. The third-order valence-corrected chi connectivity index (χ3v) is 9.32. The van der Waals surface area contributed by atoms with Gasteiger partial charge in [-0.25, -0.2) is 9.48 Å². The molecule has 0 spiro atoms. The summed E-state index contributed by atoms with van der Waals surface area (Å²) >= 11 is 5.41. The fraction of sp³-hybridized carbons (Fsp3) is 0.529. The van der Waals surface area contributed by atoms with Crippen molar-refractivity contribution in [3.63, 3.8) is 0 Å². The van der Waals surface area contributed by atoms with Crippen LogP contribution in [0.4, 0.5) is 0 Å². The topological polar surface area (TPSA) is 165 Å². The molecule has 0 aliphatic carbocycles. The molecule has 2 unspecified atom stereocenters. The summed E-state index contributed by atoms with van der Waals surface area (Å²) < 4.78 is 7.74. The average molecular weight is 545 g/mol. The SMILES string of the molecule is COC1(NC(=O)CSCn2nnnc2C)C(=O)N2C(C(=O)O)=C(CSc3nnc(C)s3)CSC21. The van der Waals surface area contributed by atoms with E-state index in [0.29, 0.717) is 28.8 Å². The van der Waals surface area contributed by atoms with Gasteiger partial charge in [-0.05, 0) is 29.8 Å². The standard InChI is InChI=1S/C17H20N8O5S4/c1-8-19-22-23-24(8)7-31-6-11(26)18-17(30-3)14(29)25-12(13(27)28)10(4-32-15(17)25)5-33-16-21-20-9(2)34-16/h15H,4-7H2,1-3H3,(H,18,26)(H,27,28). The van der Waals surface area contributed by atoms with Crippen LogP contribution in [0.5, 0.6) is 0 Å². The number of aryl methyl sites for hydroxylation is 2. The maximum atomic E-state index is 13.1. The molecule has 2 aliphatic rings. The number of nitrogens with one attached hydrogen (secondary N) is 1. The Morgan fingerprint density at radius 2 is 2.12 bits per heavy atom. The second-order valence-corrected chi connectivity index (χ2v) is 11.6. The van der Waals surface area contributed by atoms with Crippen molar-refractivity contribution in [3.8, 4) is 0 Å². The maximum absolute atomic E-state index is 13.1. The van der Waals surface area contributed by atoms with E-state index < -0.39 is 28.9 Å². The van der Waals surface area contributed by atoms with E-state index in [1.165, 1.54) is 58.6 Å². The lowest BCUT2D eigenvalue weighted by Crippen LogP contribution is -2.80. The van der Waals surface area contributed by atoms with Gasteiger partial charge < -0.3 is 15.2 Å². The van der Waals surface area contributed by atoms with E-state index in [1.54, 1.807) is 11.6 Å². The number of amides is 2. The maximum Gasteiger partial charge on any atom is 0.352 e. The van der Waals surface area contributed by atoms with Gasteiger partial charge in [0.25, 0.3) is 11.6 Å². The molecule has 1 fully saturated rings. The number of β-lactam (4-membered cyclic amide) rings is 1. The number of methoxy groups -OCH3 is 1. The highest BCUT2D eigenvalue weighted by Gasteiger charge is 2.66. The van der Waals surface area contributed by atoms with Gasteiger partial charge in [0.1, 0.15) is 21.9 Å². The summed E-state index contributed by atoms with van der Waals surface area (Å²) in [6.45, 7) is 3.59. The van der Waals surface area contributed by atoms with Crippen molar-refractivity contribution in [2.45, 2.75) is 35.2 Å². The van der Waals surface area contributed by atoms with Crippen molar-refractivity contribution in [1.82, 2.24) is 40.6 Å². The molecule has 0 saturated carbocycles. The lowest BCUT2D eigenvalue weighted by Gasteiger charge is -2.55. The molecule has 2 amide bonds. The van der Waals surface area contributed by atoms with Crippen LogP contribution < -0.4 is 5.32 Å². The Morgan fingerprint density at radius 3 is 2.74 bits per heavy atom. The Bertz CT molecular complexity index is 1150. The summed E-state index contributed by atoms with van der Waals surface area (Å²) in [5.74, 6) is -0.479. The molecule has 2 atom stereocenters. The predicted molar refractivity (Wildman–Crippen MR) is 126 cm³/mol. The molecule has 0 bridgehead atoms. The zero-order valence-electron chi connectivity index (χ0n) is 18.2. The highest BCUT2D eigenvalue weighted by Crippen LogP contribution is 2.47. The minimum Gasteiger partial charge on any atom is -0.477 e. The van der Waals surface area contributed by atoms with E-state index in [0.717, 1.165) is 9.35 Å². The number of rotatable bonds is 10. The first-order chi connectivity index (χ1) is 16.3. The van der Waals surface area contributed by atoms with Crippen LogP contribution in [-0.2, 0) is 25.0 Å². The van der Waals surface area contributed by atoms with Crippen molar-refractivity contribution in [2.75, 3.05) is 24.4 Å². The number of ether oxygens (including phenoxy) is 1. The van der Waals surface area contributed by atoms with Crippen molar-refractivity contribution in [2.24, 2.45) is 0 Å². The second kappa shape index (κ2) is 10.2.